The van der Waals surface area contributed by atoms with Crippen molar-refractivity contribution in [2.45, 2.75) is 45.4 Å². The molecule has 3 heteroatoms. The summed E-state index contributed by atoms with van der Waals surface area (Å²) in [6.07, 6.45) is 10.1. The highest BCUT2D eigenvalue weighted by atomic mass is 32.2. The molecule has 0 N–H and O–H groups in total. The molecule has 0 spiro atoms. The van der Waals surface area contributed by atoms with Crippen molar-refractivity contribution < 1.29 is 4.79 Å². The van der Waals surface area contributed by atoms with Gasteiger partial charge in [0.2, 0.25) is 5.91 Å². The fraction of sp³-hybridized carbons (Fsp3) is 0.923. The van der Waals surface area contributed by atoms with Crippen molar-refractivity contribution in [1.82, 2.24) is 4.90 Å². The van der Waals surface area contributed by atoms with E-state index >= 15 is 0 Å². The molecule has 0 aliphatic carbocycles. The topological polar surface area (TPSA) is 20.3 Å². The van der Waals surface area contributed by atoms with E-state index in [0.717, 1.165) is 19.0 Å². The average Bonchev–Trinajstić information content (AvgIpc) is 2.29. The summed E-state index contributed by atoms with van der Waals surface area (Å²) in [7, 11) is 0. The zero-order chi connectivity index (χ0) is 11.8. The number of rotatable bonds is 6. The third kappa shape index (κ3) is 5.24. The van der Waals surface area contributed by atoms with Crippen molar-refractivity contribution in [3.63, 3.8) is 0 Å². The molecule has 1 rings (SSSR count). The molecule has 0 unspecified atom stereocenters. The number of hydrogen-bond acceptors (Lipinski definition) is 2. The number of carbonyl (C=O) groups excluding carboxylic acids is 1. The van der Waals surface area contributed by atoms with Gasteiger partial charge in [-0.25, -0.2) is 0 Å². The molecule has 0 radical (unpaired) electrons. The van der Waals surface area contributed by atoms with Crippen molar-refractivity contribution in [1.29, 1.82) is 0 Å². The van der Waals surface area contributed by atoms with Crippen LogP contribution in [-0.4, -0.2) is 35.9 Å². The minimum atomic E-state index is 0.249. The van der Waals surface area contributed by atoms with Crippen LogP contribution in [0.5, 0.6) is 0 Å². The molecule has 0 atom stereocenters. The minimum absolute atomic E-state index is 0.249. The number of thioether (sulfide) groups is 1. The number of amides is 1. The van der Waals surface area contributed by atoms with Gasteiger partial charge in [-0.1, -0.05) is 19.3 Å². The summed E-state index contributed by atoms with van der Waals surface area (Å²) in [6.45, 7) is 3.67. The number of nitrogens with zero attached hydrogens (tertiary/aromatic N) is 1. The van der Waals surface area contributed by atoms with Gasteiger partial charge < -0.3 is 4.90 Å². The van der Waals surface area contributed by atoms with Gasteiger partial charge in [0.05, 0.1) is 0 Å². The molecule has 94 valence electrons. The van der Waals surface area contributed by atoms with Crippen LogP contribution in [0, 0.1) is 5.92 Å². The van der Waals surface area contributed by atoms with Crippen molar-refractivity contribution in [2.75, 3.05) is 25.1 Å². The van der Waals surface area contributed by atoms with E-state index in [1.807, 2.05) is 16.7 Å². The molecule has 1 aliphatic rings. The Bertz CT molecular complexity index is 200. The summed E-state index contributed by atoms with van der Waals surface area (Å²) in [5.74, 6) is 2.44. The van der Waals surface area contributed by atoms with Crippen LogP contribution >= 0.6 is 11.8 Å². The second kappa shape index (κ2) is 7.99. The molecule has 1 aliphatic heterocycles. The summed E-state index contributed by atoms with van der Waals surface area (Å²) in [4.78, 5) is 13.2. The van der Waals surface area contributed by atoms with Crippen molar-refractivity contribution >= 4 is 17.7 Å². The van der Waals surface area contributed by atoms with Gasteiger partial charge >= 0.3 is 0 Å². The van der Waals surface area contributed by atoms with E-state index < -0.39 is 0 Å². The quantitative estimate of drug-likeness (QED) is 0.668. The van der Waals surface area contributed by atoms with Crippen LogP contribution in [0.2, 0.25) is 0 Å². The number of likely N-dealkylation sites (tertiary alicyclic amines) is 1. The van der Waals surface area contributed by atoms with Crippen LogP contribution in [0.15, 0.2) is 0 Å². The molecule has 2 nitrogen and oxygen atoms in total. The smallest absolute Gasteiger partial charge is 0.219 e. The number of unbranched alkanes of at least 4 members (excludes halogenated alkanes) is 2. The highest BCUT2D eigenvalue weighted by Crippen LogP contribution is 2.23. The first-order chi connectivity index (χ1) is 7.74. The maximum absolute atomic E-state index is 11.2. The van der Waals surface area contributed by atoms with Gasteiger partial charge in [-0.3, -0.25) is 4.79 Å². The molecule has 1 heterocycles. The van der Waals surface area contributed by atoms with Crippen molar-refractivity contribution in [3.8, 4) is 0 Å². The Morgan fingerprint density at radius 1 is 1.25 bits per heavy atom. The van der Waals surface area contributed by atoms with E-state index in [2.05, 4.69) is 6.26 Å². The van der Waals surface area contributed by atoms with Crippen LogP contribution in [0.4, 0.5) is 0 Å². The molecule has 0 bridgehead atoms. The van der Waals surface area contributed by atoms with E-state index in [-0.39, 0.29) is 5.91 Å². The second-order valence-electron chi connectivity index (χ2n) is 4.79. The molecule has 1 saturated heterocycles. The predicted molar refractivity (Wildman–Crippen MR) is 71.8 cm³/mol. The SMILES string of the molecule is CSCCCCCC1CCN(C(C)=O)CC1. The van der Waals surface area contributed by atoms with Gasteiger partial charge in [0, 0.05) is 20.0 Å². The molecule has 0 saturated carbocycles. The van der Waals surface area contributed by atoms with Crippen LogP contribution in [0.25, 0.3) is 0 Å². The van der Waals surface area contributed by atoms with Gasteiger partial charge in [0.25, 0.3) is 0 Å². The Morgan fingerprint density at radius 3 is 2.50 bits per heavy atom. The molecule has 1 amide bonds. The first kappa shape index (κ1) is 13.9. The second-order valence-corrected chi connectivity index (χ2v) is 5.78. The zero-order valence-corrected chi connectivity index (χ0v) is 11.5. The lowest BCUT2D eigenvalue weighted by Gasteiger charge is -2.31. The van der Waals surface area contributed by atoms with Gasteiger partial charge in [-0.2, -0.15) is 11.8 Å². The van der Waals surface area contributed by atoms with E-state index in [0.29, 0.717) is 0 Å². The van der Waals surface area contributed by atoms with Crippen LogP contribution in [0.3, 0.4) is 0 Å². The zero-order valence-electron chi connectivity index (χ0n) is 10.7. The van der Waals surface area contributed by atoms with Crippen LogP contribution < -0.4 is 0 Å². The Balaban J connectivity index is 2.02. The van der Waals surface area contributed by atoms with Crippen LogP contribution in [0.1, 0.15) is 45.4 Å². The molecule has 16 heavy (non-hydrogen) atoms. The maximum Gasteiger partial charge on any atom is 0.219 e. The number of hydrogen-bond donors (Lipinski definition) is 0. The van der Waals surface area contributed by atoms with E-state index in [1.54, 1.807) is 6.92 Å². The summed E-state index contributed by atoms with van der Waals surface area (Å²) < 4.78 is 0. The summed E-state index contributed by atoms with van der Waals surface area (Å²) in [6, 6.07) is 0. The lowest BCUT2D eigenvalue weighted by atomic mass is 9.91. The van der Waals surface area contributed by atoms with Gasteiger partial charge in [0.1, 0.15) is 0 Å². The Hall–Kier alpha value is -0.180. The lowest BCUT2D eigenvalue weighted by molar-refractivity contribution is -0.130. The van der Waals surface area contributed by atoms with E-state index in [9.17, 15) is 4.79 Å². The lowest BCUT2D eigenvalue weighted by Crippen LogP contribution is -2.36. The largest absolute Gasteiger partial charge is 0.343 e. The van der Waals surface area contributed by atoms with Gasteiger partial charge in [-0.05, 0) is 37.2 Å². The number of carbonyl (C=O) groups is 1. The monoisotopic (exact) mass is 243 g/mol. The third-order valence-electron chi connectivity index (χ3n) is 3.52. The van der Waals surface area contributed by atoms with Gasteiger partial charge in [0.15, 0.2) is 0 Å². The summed E-state index contributed by atoms with van der Waals surface area (Å²) in [5, 5.41) is 0. The molecule has 1 fully saturated rings. The van der Waals surface area contributed by atoms with Crippen molar-refractivity contribution in [3.05, 3.63) is 0 Å². The Labute approximate surface area is 104 Å². The summed E-state index contributed by atoms with van der Waals surface area (Å²) >= 11 is 1.95. The minimum Gasteiger partial charge on any atom is -0.343 e. The fourth-order valence-electron chi connectivity index (χ4n) is 2.39. The predicted octanol–water partition coefficient (Wildman–Crippen LogP) is 3.17. The highest BCUT2D eigenvalue weighted by Gasteiger charge is 2.19. The molecule has 0 aromatic rings. The van der Waals surface area contributed by atoms with Crippen LogP contribution in [-0.2, 0) is 4.79 Å². The Morgan fingerprint density at radius 2 is 1.94 bits per heavy atom. The van der Waals surface area contributed by atoms with E-state index in [1.165, 1.54) is 44.3 Å². The van der Waals surface area contributed by atoms with E-state index in [4.69, 9.17) is 0 Å². The fourth-order valence-corrected chi connectivity index (χ4v) is 2.89. The summed E-state index contributed by atoms with van der Waals surface area (Å²) in [5.41, 5.74) is 0. The molecule has 0 aromatic carbocycles. The standard InChI is InChI=1S/C13H25NOS/c1-12(15)14-9-7-13(8-10-14)6-4-3-5-11-16-2/h13H,3-11H2,1-2H3. The molecular weight excluding hydrogens is 218 g/mol. The number of piperidine rings is 1. The maximum atomic E-state index is 11.2. The van der Waals surface area contributed by atoms with Crippen molar-refractivity contribution in [2.24, 2.45) is 5.92 Å². The van der Waals surface area contributed by atoms with Gasteiger partial charge in [-0.15, -0.1) is 0 Å². The average molecular weight is 243 g/mol. The Kier molecular flexibility index (Phi) is 6.93. The third-order valence-corrected chi connectivity index (χ3v) is 4.22. The highest BCUT2D eigenvalue weighted by molar-refractivity contribution is 7.98. The normalized spacial score (nSPS) is 17.8. The molecule has 0 aromatic heterocycles. The first-order valence-electron chi connectivity index (χ1n) is 6.48. The molecular formula is C13H25NOS. The first-order valence-corrected chi connectivity index (χ1v) is 7.88.